The van der Waals surface area contributed by atoms with Gasteiger partial charge in [0.25, 0.3) is 0 Å². The standard InChI is InChI=1S/C9H19NO2/c1-9(8(11)2-5-10)3-6-12-7-4-9/h8,11H,2-7,10H2,1H3. The number of hydrogen-bond acceptors (Lipinski definition) is 3. The van der Waals surface area contributed by atoms with Crippen molar-refractivity contribution in [3.63, 3.8) is 0 Å². The van der Waals surface area contributed by atoms with Gasteiger partial charge < -0.3 is 15.6 Å². The molecule has 1 heterocycles. The lowest BCUT2D eigenvalue weighted by Crippen LogP contribution is -2.38. The Morgan fingerprint density at radius 1 is 1.50 bits per heavy atom. The topological polar surface area (TPSA) is 55.5 Å². The first-order valence-corrected chi connectivity index (χ1v) is 4.65. The number of hydrogen-bond donors (Lipinski definition) is 2. The fraction of sp³-hybridized carbons (Fsp3) is 1.00. The molecule has 1 aliphatic heterocycles. The first kappa shape index (κ1) is 9.96. The predicted octanol–water partition coefficient (Wildman–Crippen LogP) is 0.513. The van der Waals surface area contributed by atoms with Crippen LogP contribution < -0.4 is 5.73 Å². The Morgan fingerprint density at radius 3 is 2.58 bits per heavy atom. The molecule has 0 aromatic carbocycles. The summed E-state index contributed by atoms with van der Waals surface area (Å²) in [5.41, 5.74) is 5.44. The van der Waals surface area contributed by atoms with E-state index in [1.807, 2.05) is 0 Å². The zero-order valence-corrected chi connectivity index (χ0v) is 7.75. The summed E-state index contributed by atoms with van der Waals surface area (Å²) in [6, 6.07) is 0. The summed E-state index contributed by atoms with van der Waals surface area (Å²) in [7, 11) is 0. The van der Waals surface area contributed by atoms with Gasteiger partial charge >= 0.3 is 0 Å². The summed E-state index contributed by atoms with van der Waals surface area (Å²) >= 11 is 0. The van der Waals surface area contributed by atoms with Gasteiger partial charge in [0.2, 0.25) is 0 Å². The van der Waals surface area contributed by atoms with Crippen molar-refractivity contribution in [3.05, 3.63) is 0 Å². The van der Waals surface area contributed by atoms with E-state index in [0.29, 0.717) is 13.0 Å². The maximum atomic E-state index is 9.80. The molecule has 0 aromatic rings. The fourth-order valence-electron chi connectivity index (χ4n) is 1.68. The van der Waals surface area contributed by atoms with Gasteiger partial charge in [0.15, 0.2) is 0 Å². The van der Waals surface area contributed by atoms with Crippen LogP contribution in [-0.2, 0) is 4.74 Å². The molecule has 3 N–H and O–H groups in total. The molecule has 1 atom stereocenters. The van der Waals surface area contributed by atoms with Crippen LogP contribution in [0.15, 0.2) is 0 Å². The van der Waals surface area contributed by atoms with Crippen LogP contribution in [0.2, 0.25) is 0 Å². The molecule has 0 saturated carbocycles. The summed E-state index contributed by atoms with van der Waals surface area (Å²) in [5.74, 6) is 0. The van der Waals surface area contributed by atoms with Gasteiger partial charge in [-0.2, -0.15) is 0 Å². The van der Waals surface area contributed by atoms with Gasteiger partial charge in [0, 0.05) is 13.2 Å². The van der Waals surface area contributed by atoms with Crippen molar-refractivity contribution < 1.29 is 9.84 Å². The van der Waals surface area contributed by atoms with Crippen LogP contribution in [0.4, 0.5) is 0 Å². The monoisotopic (exact) mass is 173 g/mol. The Hall–Kier alpha value is -0.120. The Morgan fingerprint density at radius 2 is 2.08 bits per heavy atom. The molecular formula is C9H19NO2. The van der Waals surface area contributed by atoms with E-state index in [9.17, 15) is 5.11 Å². The van der Waals surface area contributed by atoms with Gasteiger partial charge in [-0.15, -0.1) is 0 Å². The van der Waals surface area contributed by atoms with E-state index in [4.69, 9.17) is 10.5 Å². The van der Waals surface area contributed by atoms with Crippen molar-refractivity contribution >= 4 is 0 Å². The lowest BCUT2D eigenvalue weighted by molar-refractivity contribution is -0.0528. The minimum atomic E-state index is -0.258. The van der Waals surface area contributed by atoms with E-state index in [-0.39, 0.29) is 11.5 Å². The van der Waals surface area contributed by atoms with E-state index in [1.165, 1.54) is 0 Å². The second kappa shape index (κ2) is 4.21. The molecule has 1 unspecified atom stereocenters. The van der Waals surface area contributed by atoms with E-state index in [2.05, 4.69) is 6.92 Å². The van der Waals surface area contributed by atoms with E-state index in [1.54, 1.807) is 0 Å². The SMILES string of the molecule is CC1(C(O)CCN)CCOCC1. The van der Waals surface area contributed by atoms with E-state index < -0.39 is 0 Å². The maximum Gasteiger partial charge on any atom is 0.0607 e. The molecule has 0 amide bonds. The number of aliphatic hydroxyl groups excluding tert-OH is 1. The predicted molar refractivity (Wildman–Crippen MR) is 47.8 cm³/mol. The summed E-state index contributed by atoms with van der Waals surface area (Å²) < 4.78 is 5.25. The first-order chi connectivity index (χ1) is 5.69. The highest BCUT2D eigenvalue weighted by Gasteiger charge is 2.34. The smallest absolute Gasteiger partial charge is 0.0607 e. The average molecular weight is 173 g/mol. The highest BCUT2D eigenvalue weighted by atomic mass is 16.5. The Bertz CT molecular complexity index is 132. The van der Waals surface area contributed by atoms with E-state index >= 15 is 0 Å². The van der Waals surface area contributed by atoms with Crippen molar-refractivity contribution in [2.24, 2.45) is 11.1 Å². The molecule has 0 radical (unpaired) electrons. The van der Waals surface area contributed by atoms with Crippen molar-refractivity contribution in [2.75, 3.05) is 19.8 Å². The average Bonchev–Trinajstić information content (AvgIpc) is 2.06. The zero-order valence-electron chi connectivity index (χ0n) is 7.75. The summed E-state index contributed by atoms with van der Waals surface area (Å²) in [6.07, 6.45) is 2.35. The third-order valence-electron chi connectivity index (χ3n) is 2.88. The van der Waals surface area contributed by atoms with E-state index in [0.717, 1.165) is 26.1 Å². The molecule has 0 bridgehead atoms. The summed E-state index contributed by atoms with van der Waals surface area (Å²) in [5, 5.41) is 9.80. The van der Waals surface area contributed by atoms with Crippen LogP contribution in [0, 0.1) is 5.41 Å². The van der Waals surface area contributed by atoms with Gasteiger partial charge in [0.05, 0.1) is 6.10 Å². The van der Waals surface area contributed by atoms with Crippen molar-refractivity contribution in [3.8, 4) is 0 Å². The van der Waals surface area contributed by atoms with Gasteiger partial charge in [0.1, 0.15) is 0 Å². The van der Waals surface area contributed by atoms with Gasteiger partial charge in [-0.3, -0.25) is 0 Å². The largest absolute Gasteiger partial charge is 0.393 e. The first-order valence-electron chi connectivity index (χ1n) is 4.65. The molecule has 1 saturated heterocycles. The van der Waals surface area contributed by atoms with Gasteiger partial charge in [-0.05, 0) is 31.2 Å². The molecule has 0 aliphatic carbocycles. The maximum absolute atomic E-state index is 9.80. The molecule has 0 spiro atoms. The molecule has 3 nitrogen and oxygen atoms in total. The molecule has 12 heavy (non-hydrogen) atoms. The minimum absolute atomic E-state index is 0.0393. The van der Waals surface area contributed by atoms with Crippen molar-refractivity contribution in [2.45, 2.75) is 32.3 Å². The molecule has 1 rings (SSSR count). The quantitative estimate of drug-likeness (QED) is 0.654. The Balaban J connectivity index is 2.44. The van der Waals surface area contributed by atoms with Gasteiger partial charge in [-0.25, -0.2) is 0 Å². The van der Waals surface area contributed by atoms with Crippen LogP contribution in [-0.4, -0.2) is 31.0 Å². The molecule has 72 valence electrons. The van der Waals surface area contributed by atoms with Gasteiger partial charge in [-0.1, -0.05) is 6.92 Å². The third kappa shape index (κ3) is 2.19. The van der Waals surface area contributed by atoms with Crippen LogP contribution in [0.1, 0.15) is 26.2 Å². The number of rotatable bonds is 3. The van der Waals surface area contributed by atoms with Crippen LogP contribution >= 0.6 is 0 Å². The van der Waals surface area contributed by atoms with Crippen molar-refractivity contribution in [1.29, 1.82) is 0 Å². The van der Waals surface area contributed by atoms with Crippen molar-refractivity contribution in [1.82, 2.24) is 0 Å². The normalized spacial score (nSPS) is 25.2. The number of aliphatic hydroxyl groups is 1. The highest BCUT2D eigenvalue weighted by Crippen LogP contribution is 2.34. The molecular weight excluding hydrogens is 154 g/mol. The lowest BCUT2D eigenvalue weighted by atomic mass is 9.76. The lowest BCUT2D eigenvalue weighted by Gasteiger charge is -2.37. The number of ether oxygens (including phenoxy) is 1. The number of nitrogens with two attached hydrogens (primary N) is 1. The molecule has 1 fully saturated rings. The van der Waals surface area contributed by atoms with Crippen LogP contribution in [0.5, 0.6) is 0 Å². The highest BCUT2D eigenvalue weighted by molar-refractivity contribution is 4.84. The summed E-state index contributed by atoms with van der Waals surface area (Å²) in [4.78, 5) is 0. The van der Waals surface area contributed by atoms with Crippen LogP contribution in [0.25, 0.3) is 0 Å². The third-order valence-corrected chi connectivity index (χ3v) is 2.88. The second-order valence-corrected chi connectivity index (χ2v) is 3.86. The Labute approximate surface area is 73.9 Å². The van der Waals surface area contributed by atoms with Crippen LogP contribution in [0.3, 0.4) is 0 Å². The summed E-state index contributed by atoms with van der Waals surface area (Å²) in [6.45, 7) is 4.24. The molecule has 0 aromatic heterocycles. The second-order valence-electron chi connectivity index (χ2n) is 3.86. The zero-order chi connectivity index (χ0) is 9.03. The Kier molecular flexibility index (Phi) is 3.50. The molecule has 3 heteroatoms. The molecule has 1 aliphatic rings. The minimum Gasteiger partial charge on any atom is -0.393 e. The fourth-order valence-corrected chi connectivity index (χ4v) is 1.68.